The molecule has 0 unspecified atom stereocenters. The van der Waals surface area contributed by atoms with Gasteiger partial charge < -0.3 is 5.11 Å². The summed E-state index contributed by atoms with van der Waals surface area (Å²) in [6, 6.07) is 23.7. The van der Waals surface area contributed by atoms with E-state index in [9.17, 15) is 13.5 Å². The van der Waals surface area contributed by atoms with Crippen LogP contribution in [0.5, 0.6) is 5.75 Å². The van der Waals surface area contributed by atoms with Crippen LogP contribution in [0.3, 0.4) is 0 Å². The Morgan fingerprint density at radius 1 is 0.833 bits per heavy atom. The summed E-state index contributed by atoms with van der Waals surface area (Å²) in [7, 11) is -4.05. The summed E-state index contributed by atoms with van der Waals surface area (Å²) < 4.78 is 27.5. The molecule has 0 atom stereocenters. The molecular formula is C21H17ClN4O3S. The Morgan fingerprint density at radius 2 is 1.43 bits per heavy atom. The van der Waals surface area contributed by atoms with Gasteiger partial charge in [-0.05, 0) is 36.4 Å². The van der Waals surface area contributed by atoms with Crippen molar-refractivity contribution in [3.8, 4) is 11.4 Å². The van der Waals surface area contributed by atoms with Gasteiger partial charge in [-0.1, -0.05) is 60.1 Å². The van der Waals surface area contributed by atoms with Crippen molar-refractivity contribution in [2.75, 3.05) is 10.9 Å². The van der Waals surface area contributed by atoms with Gasteiger partial charge in [0.15, 0.2) is 11.6 Å². The highest BCUT2D eigenvalue weighted by atomic mass is 35.5. The van der Waals surface area contributed by atoms with E-state index < -0.39 is 20.6 Å². The lowest BCUT2D eigenvalue weighted by Crippen LogP contribution is -2.13. The molecular weight excluding hydrogens is 424 g/mol. The Hall–Kier alpha value is -3.49. The largest absolute Gasteiger partial charge is 0.502 e. The van der Waals surface area contributed by atoms with Crippen LogP contribution in [0.25, 0.3) is 5.69 Å². The van der Waals surface area contributed by atoms with Gasteiger partial charge in [0.25, 0.3) is 0 Å². The molecule has 9 heteroatoms. The van der Waals surface area contributed by atoms with Crippen molar-refractivity contribution in [1.82, 2.24) is 9.78 Å². The Labute approximate surface area is 178 Å². The van der Waals surface area contributed by atoms with E-state index >= 15 is 0 Å². The first-order valence-electron chi connectivity index (χ1n) is 8.92. The second kappa shape index (κ2) is 8.10. The highest BCUT2D eigenvalue weighted by Crippen LogP contribution is 2.36. The molecule has 0 radical (unpaired) electrons. The van der Waals surface area contributed by atoms with Crippen LogP contribution in [0, 0.1) is 0 Å². The number of hydrogen-bond acceptors (Lipinski definition) is 6. The number of para-hydroxylation sites is 2. The maximum Gasteiger partial charge on any atom is 0.229 e. The monoisotopic (exact) mass is 440 g/mol. The molecule has 0 fully saturated rings. The molecule has 0 bridgehead atoms. The third-order valence-electron chi connectivity index (χ3n) is 4.33. The van der Waals surface area contributed by atoms with Crippen molar-refractivity contribution in [1.29, 1.82) is 0 Å². The number of aromatic hydroxyl groups is 1. The van der Waals surface area contributed by atoms with E-state index in [0.717, 1.165) is 0 Å². The molecule has 1 aromatic heterocycles. The minimum Gasteiger partial charge on any atom is -0.502 e. The van der Waals surface area contributed by atoms with E-state index in [4.69, 9.17) is 11.6 Å². The number of sulfone groups is 1. The lowest BCUT2D eigenvalue weighted by atomic mass is 10.3. The highest BCUT2D eigenvalue weighted by Gasteiger charge is 2.30. The van der Waals surface area contributed by atoms with E-state index in [0.29, 0.717) is 16.4 Å². The number of hydrogen-bond donors (Lipinski definition) is 3. The van der Waals surface area contributed by atoms with Crippen molar-refractivity contribution in [2.24, 2.45) is 0 Å². The van der Waals surface area contributed by atoms with E-state index in [1.165, 1.54) is 16.8 Å². The lowest BCUT2D eigenvalue weighted by Gasteiger charge is -2.13. The first kappa shape index (κ1) is 19.8. The molecule has 1 heterocycles. The molecule has 0 amide bonds. The molecule has 3 N–H and O–H groups in total. The summed E-state index contributed by atoms with van der Waals surface area (Å²) in [5.41, 5.74) is 6.83. The van der Waals surface area contributed by atoms with Crippen LogP contribution in [-0.4, -0.2) is 23.3 Å². The molecule has 0 aliphatic heterocycles. The van der Waals surface area contributed by atoms with Crippen molar-refractivity contribution in [3.05, 3.63) is 90.0 Å². The topological polar surface area (TPSA) is 96.2 Å². The molecule has 3 aromatic carbocycles. The predicted octanol–water partition coefficient (Wildman–Crippen LogP) is 4.50. The quantitative estimate of drug-likeness (QED) is 0.382. The van der Waals surface area contributed by atoms with Crippen LogP contribution in [0.15, 0.2) is 94.9 Å². The number of benzene rings is 3. The van der Waals surface area contributed by atoms with Gasteiger partial charge in [0.1, 0.15) is 0 Å². The first-order valence-corrected chi connectivity index (χ1v) is 10.8. The Kier molecular flexibility index (Phi) is 5.35. The van der Waals surface area contributed by atoms with E-state index in [1.807, 2.05) is 6.07 Å². The number of aromatic nitrogens is 2. The summed E-state index contributed by atoms with van der Waals surface area (Å²) in [5.74, 6) is -0.460. The molecule has 0 aliphatic rings. The number of hydrazine groups is 1. The van der Waals surface area contributed by atoms with Crippen molar-refractivity contribution < 1.29 is 13.5 Å². The smallest absolute Gasteiger partial charge is 0.229 e. The predicted molar refractivity (Wildman–Crippen MR) is 116 cm³/mol. The fourth-order valence-corrected chi connectivity index (χ4v) is 4.30. The van der Waals surface area contributed by atoms with Crippen LogP contribution in [0.2, 0.25) is 5.02 Å². The Balaban J connectivity index is 1.81. The van der Waals surface area contributed by atoms with Crippen molar-refractivity contribution in [3.63, 3.8) is 0 Å². The first-order chi connectivity index (χ1) is 14.5. The van der Waals surface area contributed by atoms with Gasteiger partial charge in [0.2, 0.25) is 14.9 Å². The second-order valence-electron chi connectivity index (χ2n) is 6.30. The zero-order valence-corrected chi connectivity index (χ0v) is 17.1. The number of rotatable bonds is 6. The van der Waals surface area contributed by atoms with E-state index in [2.05, 4.69) is 16.0 Å². The second-order valence-corrected chi connectivity index (χ2v) is 8.57. The summed E-state index contributed by atoms with van der Waals surface area (Å²) in [6.07, 6.45) is 0. The normalized spacial score (nSPS) is 11.2. The molecule has 0 aliphatic carbocycles. The number of nitrogens with one attached hydrogen (secondary N) is 2. The summed E-state index contributed by atoms with van der Waals surface area (Å²) >= 11 is 6.16. The Bertz CT molecular complexity index is 1280. The van der Waals surface area contributed by atoms with Crippen molar-refractivity contribution >= 4 is 32.9 Å². The average Bonchev–Trinajstić information content (AvgIpc) is 3.11. The lowest BCUT2D eigenvalue weighted by molar-refractivity contribution is 0.460. The number of anilines is 2. The molecule has 0 saturated heterocycles. The molecule has 0 spiro atoms. The summed E-state index contributed by atoms with van der Waals surface area (Å²) in [5, 5.41) is 15.0. The van der Waals surface area contributed by atoms with Crippen LogP contribution in [0.4, 0.5) is 11.5 Å². The molecule has 30 heavy (non-hydrogen) atoms. The zero-order chi connectivity index (χ0) is 21.1. The maximum atomic E-state index is 13.1. The van der Waals surface area contributed by atoms with Gasteiger partial charge in [-0.15, -0.1) is 5.10 Å². The fraction of sp³-hybridized carbons (Fsp3) is 0. The summed E-state index contributed by atoms with van der Waals surface area (Å²) in [6.45, 7) is 0. The van der Waals surface area contributed by atoms with Crippen LogP contribution < -0.4 is 10.9 Å². The van der Waals surface area contributed by atoms with Gasteiger partial charge in [0, 0.05) is 0 Å². The van der Waals surface area contributed by atoms with Gasteiger partial charge in [-0.25, -0.2) is 13.1 Å². The van der Waals surface area contributed by atoms with E-state index in [1.54, 1.807) is 66.7 Å². The molecule has 4 aromatic rings. The van der Waals surface area contributed by atoms with Crippen LogP contribution in [-0.2, 0) is 9.84 Å². The third-order valence-corrected chi connectivity index (χ3v) is 6.33. The number of halogens is 1. The van der Waals surface area contributed by atoms with Gasteiger partial charge in [0.05, 0.1) is 21.3 Å². The van der Waals surface area contributed by atoms with E-state index in [-0.39, 0.29) is 10.7 Å². The minimum atomic E-state index is -4.05. The SMILES string of the molecule is O=S(=O)(c1ccccc1)c1nn(-c2ccccc2)c(NNc2ccccc2Cl)c1O. The van der Waals surface area contributed by atoms with Gasteiger partial charge in [-0.3, -0.25) is 10.9 Å². The average molecular weight is 441 g/mol. The third kappa shape index (κ3) is 3.70. The number of nitrogens with zero attached hydrogens (tertiary/aromatic N) is 2. The zero-order valence-electron chi connectivity index (χ0n) is 15.5. The fourth-order valence-electron chi connectivity index (χ4n) is 2.84. The molecule has 4 rings (SSSR count). The minimum absolute atomic E-state index is 0.0311. The maximum absolute atomic E-state index is 13.1. The van der Waals surface area contributed by atoms with Crippen LogP contribution in [0.1, 0.15) is 0 Å². The molecule has 152 valence electrons. The van der Waals surface area contributed by atoms with Crippen molar-refractivity contribution in [2.45, 2.75) is 9.92 Å². The summed E-state index contributed by atoms with van der Waals surface area (Å²) in [4.78, 5) is 0.0311. The molecule has 0 saturated carbocycles. The Morgan fingerprint density at radius 3 is 2.10 bits per heavy atom. The molecule has 7 nitrogen and oxygen atoms in total. The van der Waals surface area contributed by atoms with Crippen LogP contribution >= 0.6 is 11.6 Å². The van der Waals surface area contributed by atoms with Gasteiger partial charge >= 0.3 is 0 Å². The highest BCUT2D eigenvalue weighted by molar-refractivity contribution is 7.91. The standard InChI is InChI=1S/C21H17ClN4O3S/c22-17-13-7-8-14-18(17)23-24-20-19(27)21(25-26(20)15-9-3-1-4-10-15)30(28,29)16-11-5-2-6-12-16/h1-14,23-24,27H. The van der Waals surface area contributed by atoms with Gasteiger partial charge in [-0.2, -0.15) is 0 Å².